The molecule has 0 amide bonds. The Hall–Kier alpha value is -1.18. The van der Waals surface area contributed by atoms with E-state index in [0.29, 0.717) is 0 Å². The van der Waals surface area contributed by atoms with Crippen LogP contribution in [-0.4, -0.2) is 13.7 Å². The van der Waals surface area contributed by atoms with Crippen LogP contribution < -0.4 is 10.1 Å². The average molecular weight is 163 g/mol. The summed E-state index contributed by atoms with van der Waals surface area (Å²) in [5, 5.41) is 3.10. The summed E-state index contributed by atoms with van der Waals surface area (Å²) in [5.41, 5.74) is 2.45. The van der Waals surface area contributed by atoms with Crippen molar-refractivity contribution >= 4 is 5.69 Å². The third-order valence-corrected chi connectivity index (χ3v) is 2.20. The van der Waals surface area contributed by atoms with Gasteiger partial charge in [-0.1, -0.05) is 6.07 Å². The zero-order valence-corrected chi connectivity index (χ0v) is 7.26. The number of hydrogen-bond donors (Lipinski definition) is 1. The highest BCUT2D eigenvalue weighted by molar-refractivity contribution is 5.51. The molecule has 0 fully saturated rings. The first kappa shape index (κ1) is 7.47. The molecule has 0 atom stereocenters. The van der Waals surface area contributed by atoms with Crippen LogP contribution in [0.3, 0.4) is 0 Å². The van der Waals surface area contributed by atoms with Gasteiger partial charge >= 0.3 is 0 Å². The van der Waals surface area contributed by atoms with Gasteiger partial charge in [0, 0.05) is 18.8 Å². The first-order chi connectivity index (χ1) is 5.90. The fourth-order valence-electron chi connectivity index (χ4n) is 1.50. The largest absolute Gasteiger partial charge is 0.493 e. The van der Waals surface area contributed by atoms with Gasteiger partial charge in [-0.2, -0.15) is 0 Å². The Morgan fingerprint density at radius 2 is 2.33 bits per heavy atom. The second-order valence-electron chi connectivity index (χ2n) is 3.02. The number of anilines is 1. The highest BCUT2D eigenvalue weighted by Crippen LogP contribution is 2.27. The highest BCUT2D eigenvalue weighted by atomic mass is 16.5. The van der Waals surface area contributed by atoms with Crippen LogP contribution in [0.4, 0.5) is 5.69 Å². The minimum absolute atomic E-state index is 0.861. The minimum atomic E-state index is 0.861. The molecule has 0 radical (unpaired) electrons. The van der Waals surface area contributed by atoms with Gasteiger partial charge in [-0.25, -0.2) is 0 Å². The maximum Gasteiger partial charge on any atom is 0.124 e. The van der Waals surface area contributed by atoms with E-state index in [2.05, 4.69) is 23.5 Å². The maximum absolute atomic E-state index is 5.53. The van der Waals surface area contributed by atoms with Crippen LogP contribution in [0.5, 0.6) is 5.75 Å². The van der Waals surface area contributed by atoms with Crippen molar-refractivity contribution in [3.63, 3.8) is 0 Å². The molecule has 0 aliphatic carbocycles. The molecule has 0 saturated heterocycles. The van der Waals surface area contributed by atoms with Crippen molar-refractivity contribution in [2.45, 2.75) is 12.8 Å². The summed E-state index contributed by atoms with van der Waals surface area (Å²) < 4.78 is 5.53. The van der Waals surface area contributed by atoms with Crippen LogP contribution in [0.25, 0.3) is 0 Å². The molecular formula is C10H13NO. The van der Waals surface area contributed by atoms with Crippen molar-refractivity contribution in [1.29, 1.82) is 0 Å². The first-order valence-electron chi connectivity index (χ1n) is 4.33. The number of ether oxygens (including phenoxy) is 1. The topological polar surface area (TPSA) is 21.3 Å². The van der Waals surface area contributed by atoms with Gasteiger partial charge in [-0.3, -0.25) is 0 Å². The number of rotatable bonds is 1. The second kappa shape index (κ2) is 3.05. The molecule has 2 rings (SSSR count). The summed E-state index contributed by atoms with van der Waals surface area (Å²) in [5.74, 6) is 1.05. The molecular weight excluding hydrogens is 150 g/mol. The number of fused-ring (bicyclic) bond motifs is 1. The van der Waals surface area contributed by atoms with Gasteiger partial charge in [-0.15, -0.1) is 0 Å². The first-order valence-corrected chi connectivity index (χ1v) is 4.33. The Kier molecular flexibility index (Phi) is 1.90. The van der Waals surface area contributed by atoms with Crippen molar-refractivity contribution in [3.8, 4) is 5.75 Å². The van der Waals surface area contributed by atoms with Crippen LogP contribution in [0.15, 0.2) is 18.2 Å². The third-order valence-electron chi connectivity index (χ3n) is 2.20. The Bertz CT molecular complexity index is 283. The molecule has 2 nitrogen and oxygen atoms in total. The second-order valence-corrected chi connectivity index (χ2v) is 3.02. The van der Waals surface area contributed by atoms with Gasteiger partial charge in [0.25, 0.3) is 0 Å². The summed E-state index contributed by atoms with van der Waals surface area (Å²) in [4.78, 5) is 0. The molecule has 1 aromatic rings. The molecule has 2 heteroatoms. The van der Waals surface area contributed by atoms with E-state index < -0.39 is 0 Å². The molecule has 12 heavy (non-hydrogen) atoms. The summed E-state index contributed by atoms with van der Waals surface area (Å²) >= 11 is 0. The monoisotopic (exact) mass is 163 g/mol. The van der Waals surface area contributed by atoms with Crippen molar-refractivity contribution < 1.29 is 4.74 Å². The molecule has 0 unspecified atom stereocenters. The van der Waals surface area contributed by atoms with Gasteiger partial charge in [0.1, 0.15) is 5.75 Å². The smallest absolute Gasteiger partial charge is 0.124 e. The van der Waals surface area contributed by atoms with Gasteiger partial charge < -0.3 is 10.1 Å². The van der Waals surface area contributed by atoms with Gasteiger partial charge in [0.05, 0.1) is 6.61 Å². The van der Waals surface area contributed by atoms with Crippen LogP contribution in [0.2, 0.25) is 0 Å². The lowest BCUT2D eigenvalue weighted by Gasteiger charge is -2.17. The Morgan fingerprint density at radius 3 is 3.17 bits per heavy atom. The van der Waals surface area contributed by atoms with E-state index in [1.54, 1.807) is 0 Å². The number of aryl methyl sites for hydroxylation is 1. The van der Waals surface area contributed by atoms with Crippen molar-refractivity contribution in [3.05, 3.63) is 23.8 Å². The summed E-state index contributed by atoms with van der Waals surface area (Å²) in [7, 11) is 1.92. The summed E-state index contributed by atoms with van der Waals surface area (Å²) in [6, 6.07) is 6.29. The Morgan fingerprint density at radius 1 is 1.42 bits per heavy atom. The zero-order valence-electron chi connectivity index (χ0n) is 7.26. The number of benzene rings is 1. The predicted octanol–water partition coefficient (Wildman–Crippen LogP) is 2.05. The molecule has 1 aliphatic heterocycles. The van der Waals surface area contributed by atoms with Gasteiger partial charge in [-0.05, 0) is 24.5 Å². The number of hydrogen-bond acceptors (Lipinski definition) is 2. The SMILES string of the molecule is CNc1ccc2c(c1)OCCC2. The Labute approximate surface area is 72.5 Å². The third kappa shape index (κ3) is 1.24. The highest BCUT2D eigenvalue weighted by Gasteiger charge is 2.09. The molecule has 64 valence electrons. The van der Waals surface area contributed by atoms with E-state index in [0.717, 1.165) is 30.9 Å². The fraction of sp³-hybridized carbons (Fsp3) is 0.400. The van der Waals surface area contributed by atoms with Crippen LogP contribution >= 0.6 is 0 Å². The molecule has 1 aromatic carbocycles. The minimum Gasteiger partial charge on any atom is -0.493 e. The van der Waals surface area contributed by atoms with E-state index in [1.165, 1.54) is 5.56 Å². The molecule has 0 saturated carbocycles. The van der Waals surface area contributed by atoms with Crippen molar-refractivity contribution in [2.24, 2.45) is 0 Å². The summed E-state index contributed by atoms with van der Waals surface area (Å²) in [6.07, 6.45) is 2.30. The number of nitrogens with one attached hydrogen (secondary N) is 1. The lowest BCUT2D eigenvalue weighted by molar-refractivity contribution is 0.288. The van der Waals surface area contributed by atoms with E-state index in [4.69, 9.17) is 4.74 Å². The molecule has 0 bridgehead atoms. The van der Waals surface area contributed by atoms with E-state index in [-0.39, 0.29) is 0 Å². The van der Waals surface area contributed by atoms with E-state index in [9.17, 15) is 0 Å². The van der Waals surface area contributed by atoms with E-state index in [1.807, 2.05) is 7.05 Å². The van der Waals surface area contributed by atoms with Crippen molar-refractivity contribution in [2.75, 3.05) is 19.0 Å². The molecule has 0 aromatic heterocycles. The zero-order chi connectivity index (χ0) is 8.39. The molecule has 1 aliphatic rings. The van der Waals surface area contributed by atoms with Crippen LogP contribution in [0, 0.1) is 0 Å². The fourth-order valence-corrected chi connectivity index (χ4v) is 1.50. The molecule has 1 heterocycles. The lowest BCUT2D eigenvalue weighted by atomic mass is 10.1. The van der Waals surface area contributed by atoms with Gasteiger partial charge in [0.15, 0.2) is 0 Å². The van der Waals surface area contributed by atoms with Crippen LogP contribution in [0.1, 0.15) is 12.0 Å². The standard InChI is InChI=1S/C10H13NO/c1-11-9-5-4-8-3-2-6-12-10(8)7-9/h4-5,7,11H,2-3,6H2,1H3. The normalized spacial score (nSPS) is 14.8. The maximum atomic E-state index is 5.53. The molecule has 0 spiro atoms. The Balaban J connectivity index is 2.36. The van der Waals surface area contributed by atoms with Crippen LogP contribution in [-0.2, 0) is 6.42 Å². The molecule has 1 N–H and O–H groups in total. The van der Waals surface area contributed by atoms with Gasteiger partial charge in [0.2, 0.25) is 0 Å². The average Bonchev–Trinajstić information content (AvgIpc) is 2.17. The lowest BCUT2D eigenvalue weighted by Crippen LogP contribution is -2.08. The predicted molar refractivity (Wildman–Crippen MR) is 49.8 cm³/mol. The van der Waals surface area contributed by atoms with Crippen molar-refractivity contribution in [1.82, 2.24) is 0 Å². The summed E-state index contributed by atoms with van der Waals surface area (Å²) in [6.45, 7) is 0.861. The quantitative estimate of drug-likeness (QED) is 0.684. The van der Waals surface area contributed by atoms with E-state index >= 15 is 0 Å².